The van der Waals surface area contributed by atoms with Crippen molar-refractivity contribution in [2.45, 2.75) is 19.2 Å². The molecular weight excluding hydrogens is 349 g/mol. The lowest BCUT2D eigenvalue weighted by molar-refractivity contribution is 0.0228. The van der Waals surface area contributed by atoms with Gasteiger partial charge in [-0.2, -0.15) is 0 Å². The minimum absolute atomic E-state index is 0.229. The first-order valence-electron chi connectivity index (χ1n) is 8.86. The molecular formula is C21H24FNO4. The molecule has 0 bridgehead atoms. The molecule has 1 aliphatic heterocycles. The van der Waals surface area contributed by atoms with Crippen LogP contribution in [0.4, 0.5) is 4.39 Å². The maximum absolute atomic E-state index is 13.2. The Labute approximate surface area is 158 Å². The first-order chi connectivity index (χ1) is 13.1. The second-order valence-electron chi connectivity index (χ2n) is 6.46. The summed E-state index contributed by atoms with van der Waals surface area (Å²) in [5.41, 5.74) is 2.01. The standard InChI is InChI=1S/C21H24FNO4/c1-2-9-25-14-19(24)13-23(11-16-3-6-18(22)7-4-16)12-17-5-8-20-21(10-17)27-15-26-20/h2-8,10,19,24H,1,9,11-15H2. The van der Waals surface area contributed by atoms with Crippen LogP contribution >= 0.6 is 0 Å². The Hall–Kier alpha value is -2.41. The fourth-order valence-corrected chi connectivity index (χ4v) is 2.97. The molecule has 0 aliphatic carbocycles. The highest BCUT2D eigenvalue weighted by Crippen LogP contribution is 2.32. The molecule has 1 aliphatic rings. The van der Waals surface area contributed by atoms with Crippen molar-refractivity contribution in [2.75, 3.05) is 26.6 Å². The van der Waals surface area contributed by atoms with E-state index in [-0.39, 0.29) is 19.2 Å². The normalized spacial score (nSPS) is 13.7. The third-order valence-corrected chi connectivity index (χ3v) is 4.18. The van der Waals surface area contributed by atoms with E-state index >= 15 is 0 Å². The van der Waals surface area contributed by atoms with E-state index in [0.29, 0.717) is 26.2 Å². The van der Waals surface area contributed by atoms with Crippen LogP contribution in [0, 0.1) is 5.82 Å². The molecule has 0 fully saturated rings. The molecule has 0 amide bonds. The molecule has 2 aromatic rings. The average Bonchev–Trinajstić information content (AvgIpc) is 3.11. The molecule has 1 unspecified atom stereocenters. The summed E-state index contributed by atoms with van der Waals surface area (Å²) in [7, 11) is 0. The number of fused-ring (bicyclic) bond motifs is 1. The van der Waals surface area contributed by atoms with Crippen LogP contribution in [0.15, 0.2) is 55.1 Å². The fraction of sp³-hybridized carbons (Fsp3) is 0.333. The van der Waals surface area contributed by atoms with Crippen molar-refractivity contribution >= 4 is 0 Å². The lowest BCUT2D eigenvalue weighted by atomic mass is 10.1. The van der Waals surface area contributed by atoms with Crippen LogP contribution in [0.1, 0.15) is 11.1 Å². The number of nitrogens with zero attached hydrogens (tertiary/aromatic N) is 1. The number of aliphatic hydroxyl groups is 1. The molecule has 1 atom stereocenters. The van der Waals surface area contributed by atoms with E-state index < -0.39 is 6.10 Å². The second kappa shape index (κ2) is 9.50. The zero-order valence-electron chi connectivity index (χ0n) is 15.1. The van der Waals surface area contributed by atoms with E-state index in [1.165, 1.54) is 12.1 Å². The monoisotopic (exact) mass is 373 g/mol. The van der Waals surface area contributed by atoms with Crippen LogP contribution in [0.2, 0.25) is 0 Å². The Balaban J connectivity index is 1.68. The van der Waals surface area contributed by atoms with Crippen LogP contribution in [-0.2, 0) is 17.8 Å². The predicted octanol–water partition coefficient (Wildman–Crippen LogP) is 3.12. The summed E-state index contributed by atoms with van der Waals surface area (Å²) in [6.07, 6.45) is 1.01. The molecule has 1 heterocycles. The first kappa shape index (κ1) is 19.4. The summed E-state index contributed by atoms with van der Waals surface area (Å²) < 4.78 is 29.3. The number of aliphatic hydroxyl groups excluding tert-OH is 1. The van der Waals surface area contributed by atoms with Crippen molar-refractivity contribution in [3.05, 3.63) is 72.1 Å². The van der Waals surface area contributed by atoms with Gasteiger partial charge in [0, 0.05) is 19.6 Å². The van der Waals surface area contributed by atoms with Gasteiger partial charge >= 0.3 is 0 Å². The molecule has 1 N–H and O–H groups in total. The van der Waals surface area contributed by atoms with Gasteiger partial charge in [0.1, 0.15) is 5.82 Å². The Morgan fingerprint density at radius 1 is 1.11 bits per heavy atom. The van der Waals surface area contributed by atoms with E-state index in [1.807, 2.05) is 18.2 Å². The fourth-order valence-electron chi connectivity index (χ4n) is 2.97. The summed E-state index contributed by atoms with van der Waals surface area (Å²) in [6, 6.07) is 12.2. The summed E-state index contributed by atoms with van der Waals surface area (Å²) in [5, 5.41) is 10.3. The number of hydrogen-bond donors (Lipinski definition) is 1. The highest BCUT2D eigenvalue weighted by atomic mass is 19.1. The largest absolute Gasteiger partial charge is 0.454 e. The van der Waals surface area contributed by atoms with Crippen molar-refractivity contribution in [2.24, 2.45) is 0 Å². The molecule has 2 aromatic carbocycles. The molecule has 5 nitrogen and oxygen atoms in total. The molecule has 3 rings (SSSR count). The number of rotatable bonds is 10. The highest BCUT2D eigenvalue weighted by molar-refractivity contribution is 5.44. The summed E-state index contributed by atoms with van der Waals surface area (Å²) in [4.78, 5) is 2.09. The van der Waals surface area contributed by atoms with Gasteiger partial charge in [0.05, 0.1) is 19.3 Å². The van der Waals surface area contributed by atoms with Gasteiger partial charge in [0.25, 0.3) is 0 Å². The van der Waals surface area contributed by atoms with Crippen LogP contribution in [0.25, 0.3) is 0 Å². The molecule has 0 aromatic heterocycles. The van der Waals surface area contributed by atoms with E-state index in [2.05, 4.69) is 11.5 Å². The number of ether oxygens (including phenoxy) is 3. The second-order valence-corrected chi connectivity index (χ2v) is 6.46. The van der Waals surface area contributed by atoms with E-state index in [0.717, 1.165) is 22.6 Å². The molecule has 144 valence electrons. The number of hydrogen-bond acceptors (Lipinski definition) is 5. The highest BCUT2D eigenvalue weighted by Gasteiger charge is 2.17. The summed E-state index contributed by atoms with van der Waals surface area (Å²) >= 11 is 0. The van der Waals surface area contributed by atoms with Gasteiger partial charge < -0.3 is 19.3 Å². The van der Waals surface area contributed by atoms with E-state index in [4.69, 9.17) is 14.2 Å². The average molecular weight is 373 g/mol. The molecule has 0 saturated carbocycles. The zero-order valence-corrected chi connectivity index (χ0v) is 15.1. The van der Waals surface area contributed by atoms with E-state index in [9.17, 15) is 9.50 Å². The molecule has 6 heteroatoms. The van der Waals surface area contributed by atoms with Crippen molar-refractivity contribution in [3.8, 4) is 11.5 Å². The van der Waals surface area contributed by atoms with E-state index in [1.54, 1.807) is 18.2 Å². The van der Waals surface area contributed by atoms with Gasteiger partial charge in [0.2, 0.25) is 6.79 Å². The smallest absolute Gasteiger partial charge is 0.231 e. The zero-order chi connectivity index (χ0) is 19.1. The topological polar surface area (TPSA) is 51.2 Å². The summed E-state index contributed by atoms with van der Waals surface area (Å²) in [6.45, 7) is 6.06. The maximum Gasteiger partial charge on any atom is 0.231 e. The molecule has 0 spiro atoms. The van der Waals surface area contributed by atoms with Gasteiger partial charge in [-0.05, 0) is 35.4 Å². The Morgan fingerprint density at radius 3 is 2.59 bits per heavy atom. The van der Waals surface area contributed by atoms with Crippen LogP contribution in [0.5, 0.6) is 11.5 Å². The van der Waals surface area contributed by atoms with Gasteiger partial charge in [0.15, 0.2) is 11.5 Å². The third kappa shape index (κ3) is 5.79. The van der Waals surface area contributed by atoms with Crippen LogP contribution in [0.3, 0.4) is 0 Å². The molecule has 27 heavy (non-hydrogen) atoms. The van der Waals surface area contributed by atoms with Crippen molar-refractivity contribution in [3.63, 3.8) is 0 Å². The first-order valence-corrected chi connectivity index (χ1v) is 8.86. The quantitative estimate of drug-likeness (QED) is 0.512. The third-order valence-electron chi connectivity index (χ3n) is 4.18. The predicted molar refractivity (Wildman–Crippen MR) is 100 cm³/mol. The van der Waals surface area contributed by atoms with Gasteiger partial charge in [-0.15, -0.1) is 6.58 Å². The minimum atomic E-state index is -0.639. The molecule has 0 radical (unpaired) electrons. The van der Waals surface area contributed by atoms with Crippen molar-refractivity contribution in [1.29, 1.82) is 0 Å². The number of benzene rings is 2. The van der Waals surface area contributed by atoms with Gasteiger partial charge in [-0.25, -0.2) is 4.39 Å². The van der Waals surface area contributed by atoms with Crippen molar-refractivity contribution in [1.82, 2.24) is 4.90 Å². The van der Waals surface area contributed by atoms with Crippen LogP contribution < -0.4 is 9.47 Å². The van der Waals surface area contributed by atoms with Crippen LogP contribution in [-0.4, -0.2) is 42.7 Å². The van der Waals surface area contributed by atoms with Gasteiger partial charge in [-0.1, -0.05) is 24.3 Å². The Morgan fingerprint density at radius 2 is 1.81 bits per heavy atom. The maximum atomic E-state index is 13.2. The SMILES string of the molecule is C=CCOCC(O)CN(Cc1ccc(F)cc1)Cc1ccc2c(c1)OCO2. The lowest BCUT2D eigenvalue weighted by Crippen LogP contribution is -2.34. The lowest BCUT2D eigenvalue weighted by Gasteiger charge is -2.25. The summed E-state index contributed by atoms with van der Waals surface area (Å²) in [5.74, 6) is 1.20. The van der Waals surface area contributed by atoms with Gasteiger partial charge in [-0.3, -0.25) is 4.90 Å². The minimum Gasteiger partial charge on any atom is -0.454 e. The number of halogens is 1. The Kier molecular flexibility index (Phi) is 6.81. The molecule has 0 saturated heterocycles. The van der Waals surface area contributed by atoms with Crippen molar-refractivity contribution < 1.29 is 23.7 Å². The Bertz CT molecular complexity index is 750.